The third-order valence-corrected chi connectivity index (χ3v) is 6.01. The maximum Gasteiger partial charge on any atom is 0.0748 e. The van der Waals surface area contributed by atoms with Crippen LogP contribution in [0.2, 0.25) is 10.0 Å². The van der Waals surface area contributed by atoms with Crippen molar-refractivity contribution in [3.05, 3.63) is 64.1 Å². The van der Waals surface area contributed by atoms with Crippen LogP contribution in [0.15, 0.2) is 48.5 Å². The molecule has 3 rings (SSSR count). The van der Waals surface area contributed by atoms with E-state index in [2.05, 4.69) is 54.8 Å². The molecule has 2 aromatic rings. The number of benzene rings is 2. The van der Waals surface area contributed by atoms with Gasteiger partial charge in [-0.15, -0.1) is 12.4 Å². The van der Waals surface area contributed by atoms with Crippen molar-refractivity contribution in [2.75, 3.05) is 37.7 Å². The summed E-state index contributed by atoms with van der Waals surface area (Å²) < 4.78 is 6.19. The molecule has 1 unspecified atom stereocenters. The Morgan fingerprint density at radius 3 is 2.16 bits per heavy atom. The zero-order valence-corrected chi connectivity index (χ0v) is 21.1. The summed E-state index contributed by atoms with van der Waals surface area (Å²) in [6.07, 6.45) is 2.50. The lowest BCUT2D eigenvalue weighted by atomic mass is 9.99. The Balaban J connectivity index is 0.00000341. The second-order valence-corrected chi connectivity index (χ2v) is 10.2. The lowest BCUT2D eigenvalue weighted by Gasteiger charge is -2.35. The van der Waals surface area contributed by atoms with Crippen LogP contribution < -0.4 is 4.90 Å². The van der Waals surface area contributed by atoms with Gasteiger partial charge in [-0.25, -0.2) is 0 Å². The van der Waals surface area contributed by atoms with Crippen molar-refractivity contribution in [3.63, 3.8) is 0 Å². The van der Waals surface area contributed by atoms with Crippen LogP contribution in [-0.4, -0.2) is 43.8 Å². The summed E-state index contributed by atoms with van der Waals surface area (Å²) in [6, 6.07) is 16.5. The van der Waals surface area contributed by atoms with Crippen LogP contribution in [0.5, 0.6) is 0 Å². The summed E-state index contributed by atoms with van der Waals surface area (Å²) in [5, 5.41) is 1.38. The van der Waals surface area contributed by atoms with Gasteiger partial charge in [0.15, 0.2) is 0 Å². The summed E-state index contributed by atoms with van der Waals surface area (Å²) in [4.78, 5) is 4.88. The van der Waals surface area contributed by atoms with Crippen LogP contribution in [0.25, 0.3) is 0 Å². The number of para-hydroxylation sites is 1. The molecule has 0 N–H and O–H groups in total. The Kier molecular flexibility index (Phi) is 10.4. The molecule has 0 bridgehead atoms. The van der Waals surface area contributed by atoms with E-state index in [9.17, 15) is 0 Å². The first-order chi connectivity index (χ1) is 14.3. The van der Waals surface area contributed by atoms with Gasteiger partial charge in [-0.05, 0) is 49.0 Å². The van der Waals surface area contributed by atoms with Gasteiger partial charge in [0.05, 0.1) is 35.0 Å². The molecule has 0 radical (unpaired) electrons. The SMILES string of the molecule is CC(C)(C)COCC(CN(Cc1ccccc1)c1c(Cl)cccc1Cl)N1CCCC1.Cl. The van der Waals surface area contributed by atoms with Gasteiger partial charge in [-0.2, -0.15) is 0 Å². The van der Waals surface area contributed by atoms with Crippen LogP contribution in [0.4, 0.5) is 5.69 Å². The number of likely N-dealkylation sites (tertiary alicyclic amines) is 1. The molecule has 0 aliphatic carbocycles. The van der Waals surface area contributed by atoms with Gasteiger partial charge in [0.1, 0.15) is 0 Å². The van der Waals surface area contributed by atoms with Gasteiger partial charge >= 0.3 is 0 Å². The molecule has 3 nitrogen and oxygen atoms in total. The molecule has 0 spiro atoms. The molecule has 172 valence electrons. The zero-order chi connectivity index (χ0) is 21.6. The molecule has 6 heteroatoms. The summed E-state index contributed by atoms with van der Waals surface area (Å²) in [6.45, 7) is 11.9. The Labute approximate surface area is 204 Å². The second-order valence-electron chi connectivity index (χ2n) is 9.41. The van der Waals surface area contributed by atoms with Crippen molar-refractivity contribution in [2.24, 2.45) is 5.41 Å². The average Bonchev–Trinajstić information content (AvgIpc) is 3.21. The minimum Gasteiger partial charge on any atom is -0.379 e. The molecule has 2 aromatic carbocycles. The lowest BCUT2D eigenvalue weighted by Crippen LogP contribution is -2.46. The van der Waals surface area contributed by atoms with Crippen LogP contribution in [0.3, 0.4) is 0 Å². The topological polar surface area (TPSA) is 15.7 Å². The third kappa shape index (κ3) is 8.14. The molecule has 1 atom stereocenters. The van der Waals surface area contributed by atoms with Crippen LogP contribution in [-0.2, 0) is 11.3 Å². The standard InChI is InChI=1S/C25H34Cl2N2O.ClH/c1-25(2,3)19-30-18-21(28-14-7-8-15-28)17-29(16-20-10-5-4-6-11-20)24-22(26)12-9-13-23(24)27;/h4-6,9-13,21H,7-8,14-19H2,1-3H3;1H. The van der Waals surface area contributed by atoms with E-state index in [0.29, 0.717) is 22.7 Å². The first kappa shape index (κ1) is 26.3. The maximum atomic E-state index is 6.63. The second kappa shape index (κ2) is 12.3. The number of nitrogens with zero attached hydrogens (tertiary/aromatic N) is 2. The highest BCUT2D eigenvalue weighted by Gasteiger charge is 2.27. The summed E-state index contributed by atoms with van der Waals surface area (Å²) in [5.41, 5.74) is 2.31. The predicted molar refractivity (Wildman–Crippen MR) is 136 cm³/mol. The van der Waals surface area contributed by atoms with E-state index in [4.69, 9.17) is 27.9 Å². The normalized spacial score (nSPS) is 15.5. The quantitative estimate of drug-likeness (QED) is 0.382. The van der Waals surface area contributed by atoms with E-state index in [1.807, 2.05) is 24.3 Å². The van der Waals surface area contributed by atoms with Gasteiger partial charge in [0, 0.05) is 13.1 Å². The lowest BCUT2D eigenvalue weighted by molar-refractivity contribution is 0.0318. The minimum absolute atomic E-state index is 0. The molecule has 0 saturated carbocycles. The van der Waals surface area contributed by atoms with Crippen LogP contribution >= 0.6 is 35.6 Å². The molecule has 0 amide bonds. The molecule has 1 heterocycles. The fourth-order valence-electron chi connectivity index (χ4n) is 3.97. The van der Waals surface area contributed by atoms with E-state index in [0.717, 1.165) is 38.5 Å². The molecule has 1 saturated heterocycles. The molecule has 0 aromatic heterocycles. The predicted octanol–water partition coefficient (Wildman–Crippen LogP) is 6.95. The van der Waals surface area contributed by atoms with E-state index in [-0.39, 0.29) is 17.8 Å². The van der Waals surface area contributed by atoms with Crippen LogP contribution in [0.1, 0.15) is 39.2 Å². The highest BCUT2D eigenvalue weighted by Crippen LogP contribution is 2.35. The van der Waals surface area contributed by atoms with Crippen molar-refractivity contribution in [3.8, 4) is 0 Å². The molecule has 31 heavy (non-hydrogen) atoms. The van der Waals surface area contributed by atoms with Gasteiger partial charge in [0.25, 0.3) is 0 Å². The number of anilines is 1. The maximum absolute atomic E-state index is 6.63. The highest BCUT2D eigenvalue weighted by atomic mass is 35.5. The van der Waals surface area contributed by atoms with Gasteiger partial charge < -0.3 is 9.64 Å². The van der Waals surface area contributed by atoms with Crippen LogP contribution in [0, 0.1) is 5.41 Å². The number of rotatable bonds is 9. The largest absolute Gasteiger partial charge is 0.379 e. The zero-order valence-electron chi connectivity index (χ0n) is 18.8. The van der Waals surface area contributed by atoms with E-state index in [1.165, 1.54) is 18.4 Å². The summed E-state index contributed by atoms with van der Waals surface area (Å²) in [7, 11) is 0. The minimum atomic E-state index is 0. The summed E-state index contributed by atoms with van der Waals surface area (Å²) in [5.74, 6) is 0. The van der Waals surface area contributed by atoms with E-state index >= 15 is 0 Å². The first-order valence-electron chi connectivity index (χ1n) is 10.9. The van der Waals surface area contributed by atoms with Crippen molar-refractivity contribution >= 4 is 41.3 Å². The number of hydrogen-bond acceptors (Lipinski definition) is 3. The smallest absolute Gasteiger partial charge is 0.0748 e. The van der Waals surface area contributed by atoms with E-state index < -0.39 is 0 Å². The first-order valence-corrected chi connectivity index (χ1v) is 11.6. The van der Waals surface area contributed by atoms with Crippen molar-refractivity contribution in [2.45, 2.75) is 46.2 Å². The summed E-state index contributed by atoms with van der Waals surface area (Å²) >= 11 is 13.3. The number of ether oxygens (including phenoxy) is 1. The molecule has 1 aliphatic rings. The average molecular weight is 486 g/mol. The Morgan fingerprint density at radius 2 is 1.58 bits per heavy atom. The highest BCUT2D eigenvalue weighted by molar-refractivity contribution is 6.39. The molecular weight excluding hydrogens is 451 g/mol. The fourth-order valence-corrected chi connectivity index (χ4v) is 4.60. The Hall–Kier alpha value is -0.970. The van der Waals surface area contributed by atoms with Crippen molar-refractivity contribution < 1.29 is 4.74 Å². The van der Waals surface area contributed by atoms with Gasteiger partial charge in [-0.1, -0.05) is 80.4 Å². The van der Waals surface area contributed by atoms with Crippen molar-refractivity contribution in [1.29, 1.82) is 0 Å². The molecule has 1 aliphatic heterocycles. The Bertz CT molecular complexity index is 769. The van der Waals surface area contributed by atoms with Gasteiger partial charge in [-0.3, -0.25) is 4.90 Å². The third-order valence-electron chi connectivity index (χ3n) is 5.40. The molecule has 1 fully saturated rings. The molecular formula is C25H35Cl3N2O. The van der Waals surface area contributed by atoms with E-state index in [1.54, 1.807) is 0 Å². The van der Waals surface area contributed by atoms with Gasteiger partial charge in [0.2, 0.25) is 0 Å². The number of halogens is 3. The Morgan fingerprint density at radius 1 is 0.968 bits per heavy atom. The monoisotopic (exact) mass is 484 g/mol. The number of hydrogen-bond donors (Lipinski definition) is 0. The van der Waals surface area contributed by atoms with Crippen molar-refractivity contribution in [1.82, 2.24) is 4.90 Å². The fraction of sp³-hybridized carbons (Fsp3) is 0.520.